The van der Waals surface area contributed by atoms with Crippen LogP contribution in [0.1, 0.15) is 0 Å². The first-order chi connectivity index (χ1) is 27.3. The van der Waals surface area contributed by atoms with Crippen molar-refractivity contribution in [3.05, 3.63) is 200 Å². The van der Waals surface area contributed by atoms with Crippen molar-refractivity contribution >= 4 is 81.3 Å². The maximum atomic E-state index is 6.44. The Balaban J connectivity index is 1.12. The van der Waals surface area contributed by atoms with Crippen LogP contribution < -0.4 is 4.90 Å². The van der Waals surface area contributed by atoms with Gasteiger partial charge in [-0.1, -0.05) is 158 Å². The van der Waals surface area contributed by atoms with Gasteiger partial charge in [0, 0.05) is 48.6 Å². The number of fused-ring (bicyclic) bond motifs is 8. The molecule has 0 N–H and O–H groups in total. The second-order valence-electron chi connectivity index (χ2n) is 14.0. The van der Waals surface area contributed by atoms with E-state index >= 15 is 0 Å². The molecule has 0 radical (unpaired) electrons. The second kappa shape index (κ2) is 12.9. The molecule has 0 unspecified atom stereocenters. The average molecular weight is 720 g/mol. The molecule has 2 aromatic heterocycles. The Bertz CT molecular complexity index is 3190. The zero-order chi connectivity index (χ0) is 36.3. The lowest BCUT2D eigenvalue weighted by molar-refractivity contribution is 0.670. The lowest BCUT2D eigenvalue weighted by Gasteiger charge is -2.27. The Kier molecular flexibility index (Phi) is 7.39. The highest BCUT2D eigenvalue weighted by Gasteiger charge is 2.21. The van der Waals surface area contributed by atoms with Gasteiger partial charge in [-0.2, -0.15) is 0 Å². The summed E-state index contributed by atoms with van der Waals surface area (Å²) in [4.78, 5) is 2.43. The predicted octanol–water partition coefficient (Wildman–Crippen LogP) is 15.6. The summed E-state index contributed by atoms with van der Waals surface area (Å²) in [7, 11) is 0. The summed E-state index contributed by atoms with van der Waals surface area (Å²) >= 11 is 1.89. The third-order valence-corrected chi connectivity index (χ3v) is 12.1. The molecule has 0 bridgehead atoms. The van der Waals surface area contributed by atoms with E-state index in [9.17, 15) is 0 Å². The van der Waals surface area contributed by atoms with Gasteiger partial charge in [0.25, 0.3) is 0 Å². The van der Waals surface area contributed by atoms with Crippen LogP contribution in [0.15, 0.2) is 205 Å². The van der Waals surface area contributed by atoms with Gasteiger partial charge in [0.1, 0.15) is 11.2 Å². The lowest BCUT2D eigenvalue weighted by atomic mass is 9.95. The Morgan fingerprint density at radius 3 is 1.76 bits per heavy atom. The van der Waals surface area contributed by atoms with Gasteiger partial charge in [-0.3, -0.25) is 0 Å². The molecule has 0 aliphatic heterocycles. The number of benzene rings is 9. The molecule has 0 fully saturated rings. The summed E-state index contributed by atoms with van der Waals surface area (Å²) in [6.07, 6.45) is 0. The molecule has 0 aliphatic carbocycles. The zero-order valence-corrected chi connectivity index (χ0v) is 30.6. The monoisotopic (exact) mass is 719 g/mol. The maximum Gasteiger partial charge on any atom is 0.143 e. The second-order valence-corrected chi connectivity index (χ2v) is 15.1. The molecular formula is C52H33NOS. The van der Waals surface area contributed by atoms with E-state index in [0.717, 1.165) is 50.1 Å². The van der Waals surface area contributed by atoms with Crippen LogP contribution in [0.2, 0.25) is 0 Å². The fourth-order valence-corrected chi connectivity index (χ4v) is 9.61. The SMILES string of the molecule is c1ccc(-c2cccc(N(c3ccc(-c4cccc5c4oc4ccccc45)cc3)c3cccc4c3sc3c5ccccc5c(-c5ccccc5)cc43)c2)cc1. The van der Waals surface area contributed by atoms with Gasteiger partial charge in [-0.15, -0.1) is 11.3 Å². The van der Waals surface area contributed by atoms with Crippen molar-refractivity contribution in [2.24, 2.45) is 0 Å². The van der Waals surface area contributed by atoms with E-state index in [4.69, 9.17) is 4.42 Å². The molecular weight excluding hydrogens is 687 g/mol. The Hall–Kier alpha value is -6.94. The number of furan rings is 1. The number of hydrogen-bond donors (Lipinski definition) is 0. The Morgan fingerprint density at radius 1 is 0.345 bits per heavy atom. The van der Waals surface area contributed by atoms with Crippen molar-refractivity contribution in [1.29, 1.82) is 0 Å². The highest BCUT2D eigenvalue weighted by Crippen LogP contribution is 2.49. The largest absolute Gasteiger partial charge is 0.455 e. The van der Waals surface area contributed by atoms with Gasteiger partial charge in [-0.25, -0.2) is 0 Å². The minimum absolute atomic E-state index is 0.908. The minimum Gasteiger partial charge on any atom is -0.455 e. The number of nitrogens with zero attached hydrogens (tertiary/aromatic N) is 1. The first kappa shape index (κ1) is 31.6. The van der Waals surface area contributed by atoms with Gasteiger partial charge in [0.05, 0.1) is 10.4 Å². The third kappa shape index (κ3) is 5.24. The summed E-state index contributed by atoms with van der Waals surface area (Å²) in [6.45, 7) is 0. The summed E-state index contributed by atoms with van der Waals surface area (Å²) < 4.78 is 9.01. The normalized spacial score (nSPS) is 11.6. The molecule has 2 heterocycles. The highest BCUT2D eigenvalue weighted by atomic mass is 32.1. The number of rotatable bonds is 6. The van der Waals surface area contributed by atoms with E-state index in [1.807, 2.05) is 23.5 Å². The standard InChI is InChI=1S/C52H33NOS/c1-3-14-34(15-4-1)37-18-11-19-39(32-37)53(38-30-28-36(29-31-38)40-23-12-24-43-42-21-9-10-27-49(42)54-50(40)43)48-26-13-25-45-47-33-46(35-16-5-2-6-17-35)41-20-7-8-22-44(41)51(47)55-52(45)48/h1-33H. The van der Waals surface area contributed by atoms with Crippen LogP contribution in [-0.2, 0) is 0 Å². The van der Waals surface area contributed by atoms with Crippen LogP contribution in [0.25, 0.3) is 86.3 Å². The summed E-state index contributed by atoms with van der Waals surface area (Å²) in [5.74, 6) is 0. The lowest BCUT2D eigenvalue weighted by Crippen LogP contribution is -2.10. The molecule has 2 nitrogen and oxygen atoms in total. The number of anilines is 3. The van der Waals surface area contributed by atoms with Crippen molar-refractivity contribution in [1.82, 2.24) is 0 Å². The van der Waals surface area contributed by atoms with Gasteiger partial charge < -0.3 is 9.32 Å². The summed E-state index contributed by atoms with van der Waals surface area (Å²) in [6, 6.07) is 72.0. The average Bonchev–Trinajstić information content (AvgIpc) is 3.84. The molecule has 0 saturated heterocycles. The molecule has 258 valence electrons. The number of hydrogen-bond acceptors (Lipinski definition) is 3. The van der Waals surface area contributed by atoms with Crippen LogP contribution in [0, 0.1) is 0 Å². The van der Waals surface area contributed by atoms with Crippen LogP contribution >= 0.6 is 11.3 Å². The molecule has 0 amide bonds. The Morgan fingerprint density at radius 2 is 0.945 bits per heavy atom. The molecule has 0 saturated carbocycles. The minimum atomic E-state index is 0.908. The molecule has 9 aromatic carbocycles. The summed E-state index contributed by atoms with van der Waals surface area (Å²) in [5.41, 5.74) is 12.2. The smallest absolute Gasteiger partial charge is 0.143 e. The molecule has 11 rings (SSSR count). The first-order valence-electron chi connectivity index (χ1n) is 18.7. The number of thiophene rings is 1. The van der Waals surface area contributed by atoms with Crippen molar-refractivity contribution in [2.75, 3.05) is 4.90 Å². The molecule has 0 spiro atoms. The predicted molar refractivity (Wildman–Crippen MR) is 235 cm³/mol. The van der Waals surface area contributed by atoms with E-state index in [1.165, 1.54) is 53.2 Å². The van der Waals surface area contributed by atoms with E-state index in [1.54, 1.807) is 0 Å². The molecule has 55 heavy (non-hydrogen) atoms. The van der Waals surface area contributed by atoms with E-state index in [-0.39, 0.29) is 0 Å². The fourth-order valence-electron chi connectivity index (χ4n) is 8.28. The van der Waals surface area contributed by atoms with Crippen LogP contribution in [0.4, 0.5) is 17.1 Å². The zero-order valence-electron chi connectivity index (χ0n) is 29.8. The quantitative estimate of drug-likeness (QED) is 0.170. The first-order valence-corrected chi connectivity index (χ1v) is 19.5. The topological polar surface area (TPSA) is 16.4 Å². The third-order valence-electron chi connectivity index (χ3n) is 10.9. The van der Waals surface area contributed by atoms with E-state index in [0.29, 0.717) is 0 Å². The highest BCUT2D eigenvalue weighted by molar-refractivity contribution is 7.27. The molecule has 11 aromatic rings. The van der Waals surface area contributed by atoms with Crippen molar-refractivity contribution in [3.8, 4) is 33.4 Å². The van der Waals surface area contributed by atoms with Crippen molar-refractivity contribution in [3.63, 3.8) is 0 Å². The fraction of sp³-hybridized carbons (Fsp3) is 0. The molecule has 0 aliphatic rings. The van der Waals surface area contributed by atoms with Crippen LogP contribution in [0.3, 0.4) is 0 Å². The molecule has 3 heteroatoms. The van der Waals surface area contributed by atoms with Crippen LogP contribution in [0.5, 0.6) is 0 Å². The van der Waals surface area contributed by atoms with Gasteiger partial charge in [0.2, 0.25) is 0 Å². The van der Waals surface area contributed by atoms with Gasteiger partial charge in [-0.05, 0) is 75.7 Å². The van der Waals surface area contributed by atoms with E-state index in [2.05, 4.69) is 193 Å². The van der Waals surface area contributed by atoms with Crippen molar-refractivity contribution < 1.29 is 4.42 Å². The molecule has 0 atom stereocenters. The Labute approximate surface area is 322 Å². The summed E-state index contributed by atoms with van der Waals surface area (Å²) in [5, 5.41) is 7.38. The maximum absolute atomic E-state index is 6.44. The number of para-hydroxylation sites is 2. The van der Waals surface area contributed by atoms with Crippen molar-refractivity contribution in [2.45, 2.75) is 0 Å². The van der Waals surface area contributed by atoms with Gasteiger partial charge >= 0.3 is 0 Å². The van der Waals surface area contributed by atoms with Crippen LogP contribution in [-0.4, -0.2) is 0 Å². The van der Waals surface area contributed by atoms with E-state index < -0.39 is 0 Å². The van der Waals surface area contributed by atoms with Gasteiger partial charge in [0.15, 0.2) is 0 Å².